The van der Waals surface area contributed by atoms with Crippen LogP contribution in [0.3, 0.4) is 0 Å². The molecule has 0 amide bonds. The molecule has 7 heteroatoms. The van der Waals surface area contributed by atoms with E-state index in [4.69, 9.17) is 18.9 Å². The molecule has 0 saturated carbocycles. The van der Waals surface area contributed by atoms with Crippen molar-refractivity contribution in [2.45, 2.75) is 33.3 Å². The Morgan fingerprint density at radius 3 is 2.30 bits per heavy atom. The Hall–Kier alpha value is -2.12. The maximum absolute atomic E-state index is 11.9. The SMILES string of the molecule is C=C(OC)c1cc(OCC(C)(C)OCC(C)(C)CNC)cc(C(=O)OC)n1. The third-order valence-corrected chi connectivity index (χ3v) is 3.82. The van der Waals surface area contributed by atoms with Crippen LogP contribution in [0.15, 0.2) is 18.7 Å². The zero-order valence-corrected chi connectivity index (χ0v) is 17.5. The second kappa shape index (κ2) is 9.71. The minimum absolute atomic E-state index is 0.00408. The molecule has 0 bridgehead atoms. The second-order valence-electron chi connectivity index (χ2n) is 7.72. The van der Waals surface area contributed by atoms with Gasteiger partial charge in [-0.2, -0.15) is 0 Å². The molecule has 1 heterocycles. The van der Waals surface area contributed by atoms with Gasteiger partial charge < -0.3 is 24.3 Å². The van der Waals surface area contributed by atoms with Crippen LogP contribution in [0.5, 0.6) is 5.75 Å². The van der Waals surface area contributed by atoms with Gasteiger partial charge in [-0.1, -0.05) is 20.4 Å². The van der Waals surface area contributed by atoms with Crippen LogP contribution < -0.4 is 10.1 Å². The van der Waals surface area contributed by atoms with Gasteiger partial charge in [-0.3, -0.25) is 0 Å². The van der Waals surface area contributed by atoms with Crippen LogP contribution in [0.25, 0.3) is 5.76 Å². The van der Waals surface area contributed by atoms with E-state index in [1.54, 1.807) is 6.07 Å². The van der Waals surface area contributed by atoms with E-state index < -0.39 is 11.6 Å². The third-order valence-electron chi connectivity index (χ3n) is 3.82. The van der Waals surface area contributed by atoms with Crippen molar-refractivity contribution in [3.8, 4) is 5.75 Å². The first kappa shape index (κ1) is 22.9. The number of rotatable bonds is 11. The number of nitrogens with one attached hydrogen (secondary N) is 1. The van der Waals surface area contributed by atoms with Crippen LogP contribution in [-0.4, -0.2) is 57.6 Å². The summed E-state index contributed by atoms with van der Waals surface area (Å²) in [6.45, 7) is 13.7. The van der Waals surface area contributed by atoms with Crippen LogP contribution in [0.1, 0.15) is 43.9 Å². The van der Waals surface area contributed by atoms with Gasteiger partial charge in [-0.25, -0.2) is 9.78 Å². The molecule has 7 nitrogen and oxygen atoms in total. The van der Waals surface area contributed by atoms with Gasteiger partial charge in [-0.05, 0) is 20.9 Å². The Bertz CT molecular complexity index is 622. The number of methoxy groups -OCH3 is 2. The fraction of sp³-hybridized carbons (Fsp3) is 0.600. The normalized spacial score (nSPS) is 11.8. The quantitative estimate of drug-likeness (QED) is 0.467. The first-order valence-electron chi connectivity index (χ1n) is 8.78. The van der Waals surface area contributed by atoms with E-state index in [-0.39, 0.29) is 11.1 Å². The summed E-state index contributed by atoms with van der Waals surface area (Å²) in [5.41, 5.74) is 0.0174. The average molecular weight is 380 g/mol. The van der Waals surface area contributed by atoms with Crippen molar-refractivity contribution in [3.05, 3.63) is 30.1 Å². The van der Waals surface area contributed by atoms with Gasteiger partial charge in [-0.15, -0.1) is 0 Å². The van der Waals surface area contributed by atoms with E-state index in [0.29, 0.717) is 30.4 Å². The number of carbonyl (C=O) groups excluding carboxylic acids is 1. The third kappa shape index (κ3) is 7.56. The van der Waals surface area contributed by atoms with Crippen molar-refractivity contribution in [1.29, 1.82) is 0 Å². The van der Waals surface area contributed by atoms with Gasteiger partial charge in [0.25, 0.3) is 0 Å². The lowest BCUT2D eigenvalue weighted by Crippen LogP contribution is -2.39. The smallest absolute Gasteiger partial charge is 0.356 e. The molecule has 0 saturated heterocycles. The minimum atomic E-state index is -0.560. The highest BCUT2D eigenvalue weighted by molar-refractivity contribution is 5.88. The molecule has 0 atom stereocenters. The Kier molecular flexibility index (Phi) is 8.24. The molecule has 0 fully saturated rings. The topological polar surface area (TPSA) is 78.9 Å². The number of aromatic nitrogens is 1. The summed E-state index contributed by atoms with van der Waals surface area (Å²) in [5, 5.41) is 3.16. The number of nitrogens with zero attached hydrogens (tertiary/aromatic N) is 1. The van der Waals surface area contributed by atoms with Crippen molar-refractivity contribution in [2.75, 3.05) is 41.0 Å². The van der Waals surface area contributed by atoms with E-state index >= 15 is 0 Å². The maximum atomic E-state index is 11.9. The van der Waals surface area contributed by atoms with E-state index in [2.05, 4.69) is 30.7 Å². The molecule has 1 aromatic rings. The lowest BCUT2D eigenvalue weighted by atomic mass is 9.94. The Labute approximate surface area is 162 Å². The van der Waals surface area contributed by atoms with Gasteiger partial charge in [0.05, 0.1) is 26.4 Å². The number of carbonyl (C=O) groups is 1. The molecular formula is C20H32N2O5. The van der Waals surface area contributed by atoms with Crippen LogP contribution in [0, 0.1) is 5.41 Å². The molecule has 0 aliphatic carbocycles. The van der Waals surface area contributed by atoms with Crippen molar-refractivity contribution < 1.29 is 23.7 Å². The highest BCUT2D eigenvalue weighted by atomic mass is 16.5. The van der Waals surface area contributed by atoms with Gasteiger partial charge in [0.1, 0.15) is 23.8 Å². The second-order valence-corrected chi connectivity index (χ2v) is 7.72. The summed E-state index contributed by atoms with van der Waals surface area (Å²) in [7, 11) is 4.70. The first-order valence-corrected chi connectivity index (χ1v) is 8.78. The van der Waals surface area contributed by atoms with Crippen molar-refractivity contribution >= 4 is 11.7 Å². The number of ether oxygens (including phenoxy) is 4. The lowest BCUT2D eigenvalue weighted by molar-refractivity contribution is -0.0758. The predicted octanol–water partition coefficient (Wildman–Crippen LogP) is 2.90. The van der Waals surface area contributed by atoms with Crippen LogP contribution in [0.4, 0.5) is 0 Å². The van der Waals surface area contributed by atoms with Gasteiger partial charge in [0.2, 0.25) is 0 Å². The zero-order valence-electron chi connectivity index (χ0n) is 17.5. The molecule has 1 aromatic heterocycles. The number of hydrogen-bond donors (Lipinski definition) is 1. The Morgan fingerprint density at radius 2 is 1.74 bits per heavy atom. The number of hydrogen-bond acceptors (Lipinski definition) is 7. The molecule has 0 radical (unpaired) electrons. The van der Waals surface area contributed by atoms with Crippen molar-refractivity contribution in [3.63, 3.8) is 0 Å². The monoisotopic (exact) mass is 380 g/mol. The fourth-order valence-electron chi connectivity index (χ4n) is 2.26. The van der Waals surface area contributed by atoms with E-state index in [0.717, 1.165) is 6.54 Å². The molecule has 0 aliphatic rings. The molecule has 1 rings (SSSR count). The van der Waals surface area contributed by atoms with Gasteiger partial charge >= 0.3 is 5.97 Å². The predicted molar refractivity (Wildman–Crippen MR) is 105 cm³/mol. The van der Waals surface area contributed by atoms with E-state index in [1.807, 2.05) is 20.9 Å². The molecule has 0 unspecified atom stereocenters. The molecule has 27 heavy (non-hydrogen) atoms. The molecule has 0 spiro atoms. The van der Waals surface area contributed by atoms with Crippen LogP contribution in [-0.2, 0) is 14.2 Å². The van der Waals surface area contributed by atoms with Gasteiger partial charge in [0.15, 0.2) is 5.69 Å². The largest absolute Gasteiger partial charge is 0.495 e. The van der Waals surface area contributed by atoms with Gasteiger partial charge in [0, 0.05) is 24.1 Å². The van der Waals surface area contributed by atoms with Crippen LogP contribution in [0.2, 0.25) is 0 Å². The van der Waals surface area contributed by atoms with E-state index in [9.17, 15) is 4.79 Å². The number of esters is 1. The summed E-state index contributed by atoms with van der Waals surface area (Å²) in [6, 6.07) is 3.19. The summed E-state index contributed by atoms with van der Waals surface area (Å²) in [6.07, 6.45) is 0. The summed E-state index contributed by atoms with van der Waals surface area (Å²) >= 11 is 0. The highest BCUT2D eigenvalue weighted by Gasteiger charge is 2.26. The van der Waals surface area contributed by atoms with E-state index in [1.165, 1.54) is 20.3 Å². The first-order chi connectivity index (χ1) is 12.5. The molecular weight excluding hydrogens is 348 g/mol. The summed E-state index contributed by atoms with van der Waals surface area (Å²) in [5.74, 6) is 0.231. The molecule has 152 valence electrons. The molecule has 0 aromatic carbocycles. The van der Waals surface area contributed by atoms with Crippen LogP contribution >= 0.6 is 0 Å². The summed E-state index contributed by atoms with van der Waals surface area (Å²) in [4.78, 5) is 16.1. The highest BCUT2D eigenvalue weighted by Crippen LogP contribution is 2.23. The molecule has 1 N–H and O–H groups in total. The summed E-state index contributed by atoms with van der Waals surface area (Å²) < 4.78 is 21.8. The standard InChI is InChI=1S/C20H32N2O5/c1-14(24-7)16-9-15(10-17(22-16)18(23)25-8)26-13-20(4,5)27-12-19(2,3)11-21-6/h9-10,21H,1,11-13H2,2-8H3. The lowest BCUT2D eigenvalue weighted by Gasteiger charge is -2.31. The van der Waals surface area contributed by atoms with Crippen molar-refractivity contribution in [1.82, 2.24) is 10.3 Å². The maximum Gasteiger partial charge on any atom is 0.356 e. The molecule has 0 aliphatic heterocycles. The minimum Gasteiger partial charge on any atom is -0.495 e. The average Bonchev–Trinajstić information content (AvgIpc) is 2.63. The zero-order chi connectivity index (χ0) is 20.7. The number of pyridine rings is 1. The fourth-order valence-corrected chi connectivity index (χ4v) is 2.26. The Balaban J connectivity index is 2.87. The Morgan fingerprint density at radius 1 is 1.11 bits per heavy atom. The van der Waals surface area contributed by atoms with Crippen molar-refractivity contribution in [2.24, 2.45) is 5.41 Å².